The van der Waals surface area contributed by atoms with Crippen LogP contribution in [0.5, 0.6) is 17.4 Å². The molecule has 0 unspecified atom stereocenters. The Morgan fingerprint density at radius 3 is 1.92 bits per heavy atom. The van der Waals surface area contributed by atoms with E-state index in [-0.39, 0.29) is 17.4 Å². The number of fused-ring (bicyclic) bond motifs is 1. The van der Waals surface area contributed by atoms with Gasteiger partial charge in [-0.1, -0.05) is 0 Å². The van der Waals surface area contributed by atoms with Crippen LogP contribution in [0.4, 0.5) is 0 Å². The van der Waals surface area contributed by atoms with Crippen molar-refractivity contribution in [2.45, 2.75) is 6.92 Å². The van der Waals surface area contributed by atoms with E-state index in [9.17, 15) is 15.3 Å². The molecule has 6 nitrogen and oxygen atoms in total. The highest BCUT2D eigenvalue weighted by Crippen LogP contribution is 2.31. The molecule has 0 bridgehead atoms. The molecule has 4 rings (SSSR count). The third-order valence-corrected chi connectivity index (χ3v) is 4.05. The molecule has 2 heterocycles. The van der Waals surface area contributed by atoms with Gasteiger partial charge in [0.1, 0.15) is 22.9 Å². The first kappa shape index (κ1) is 15.0. The van der Waals surface area contributed by atoms with E-state index in [1.54, 1.807) is 66.1 Å². The van der Waals surface area contributed by atoms with Gasteiger partial charge in [0.05, 0.1) is 5.69 Å². The van der Waals surface area contributed by atoms with E-state index >= 15 is 0 Å². The number of benzene rings is 2. The van der Waals surface area contributed by atoms with Gasteiger partial charge in [-0.05, 0) is 55.5 Å². The first-order valence-electron chi connectivity index (χ1n) is 7.70. The van der Waals surface area contributed by atoms with Crippen molar-refractivity contribution in [1.82, 2.24) is 14.4 Å². The Labute approximate surface area is 143 Å². The van der Waals surface area contributed by atoms with Crippen molar-refractivity contribution in [3.05, 3.63) is 60.4 Å². The van der Waals surface area contributed by atoms with Crippen LogP contribution in [-0.2, 0) is 0 Å². The lowest BCUT2D eigenvalue weighted by atomic mass is 10.1. The predicted molar refractivity (Wildman–Crippen MR) is 93.6 cm³/mol. The molecule has 0 aliphatic heterocycles. The zero-order valence-corrected chi connectivity index (χ0v) is 13.4. The highest BCUT2D eigenvalue weighted by atomic mass is 16.3. The first-order chi connectivity index (χ1) is 12.0. The van der Waals surface area contributed by atoms with E-state index in [1.807, 2.05) is 0 Å². The Bertz CT molecular complexity index is 1070. The molecule has 0 radical (unpaired) electrons. The zero-order valence-electron chi connectivity index (χ0n) is 13.4. The number of aryl methyl sites for hydroxylation is 1. The standard InChI is InChI=1S/C19H15N3O3/c1-11-19(25)22-10-16(12-2-6-14(23)7-3-12)21-17(18(22)20-11)13-4-8-15(24)9-5-13/h2-10,23-25H,1H3. The van der Waals surface area contributed by atoms with E-state index in [1.165, 1.54) is 0 Å². The van der Waals surface area contributed by atoms with Crippen LogP contribution >= 0.6 is 0 Å². The fourth-order valence-electron chi connectivity index (χ4n) is 2.73. The number of phenolic OH excluding ortho intramolecular Hbond substituents is 2. The summed E-state index contributed by atoms with van der Waals surface area (Å²) in [6.45, 7) is 1.73. The maximum Gasteiger partial charge on any atom is 0.219 e. The van der Waals surface area contributed by atoms with Gasteiger partial charge in [0, 0.05) is 17.3 Å². The molecule has 0 fully saturated rings. The summed E-state index contributed by atoms with van der Waals surface area (Å²) in [6, 6.07) is 13.3. The lowest BCUT2D eigenvalue weighted by Gasteiger charge is -2.09. The molecule has 0 spiro atoms. The van der Waals surface area contributed by atoms with Crippen LogP contribution in [-0.4, -0.2) is 29.7 Å². The quantitative estimate of drug-likeness (QED) is 0.522. The number of phenols is 2. The number of hydrogen-bond acceptors (Lipinski definition) is 5. The van der Waals surface area contributed by atoms with Gasteiger partial charge in [-0.25, -0.2) is 9.97 Å². The number of nitrogens with zero attached hydrogens (tertiary/aromatic N) is 3. The first-order valence-corrected chi connectivity index (χ1v) is 7.70. The Morgan fingerprint density at radius 2 is 1.32 bits per heavy atom. The monoisotopic (exact) mass is 333 g/mol. The third-order valence-electron chi connectivity index (χ3n) is 4.05. The molecule has 3 N–H and O–H groups in total. The van der Waals surface area contributed by atoms with Gasteiger partial charge < -0.3 is 15.3 Å². The van der Waals surface area contributed by atoms with Crippen molar-refractivity contribution in [2.75, 3.05) is 0 Å². The van der Waals surface area contributed by atoms with Gasteiger partial charge >= 0.3 is 0 Å². The van der Waals surface area contributed by atoms with Crippen molar-refractivity contribution in [2.24, 2.45) is 0 Å². The van der Waals surface area contributed by atoms with Crippen molar-refractivity contribution in [1.29, 1.82) is 0 Å². The van der Waals surface area contributed by atoms with Crippen molar-refractivity contribution >= 4 is 5.65 Å². The topological polar surface area (TPSA) is 90.9 Å². The number of imidazole rings is 1. The molecular formula is C19H15N3O3. The maximum atomic E-state index is 10.3. The van der Waals surface area contributed by atoms with E-state index in [4.69, 9.17) is 4.98 Å². The van der Waals surface area contributed by atoms with E-state index in [0.717, 1.165) is 11.1 Å². The molecule has 0 saturated carbocycles. The molecule has 0 amide bonds. The van der Waals surface area contributed by atoms with Crippen LogP contribution < -0.4 is 0 Å². The molecule has 0 aliphatic rings. The van der Waals surface area contributed by atoms with Crippen LogP contribution in [0.1, 0.15) is 5.69 Å². The average Bonchev–Trinajstić information content (AvgIpc) is 2.90. The Kier molecular flexibility index (Phi) is 3.32. The minimum Gasteiger partial charge on any atom is -0.508 e. The minimum absolute atomic E-state index is 0.0532. The van der Waals surface area contributed by atoms with Gasteiger partial charge in [-0.3, -0.25) is 4.40 Å². The second-order valence-electron chi connectivity index (χ2n) is 5.78. The lowest BCUT2D eigenvalue weighted by molar-refractivity contribution is 0.444. The molecule has 0 aliphatic carbocycles. The SMILES string of the molecule is Cc1nc2c(-c3ccc(O)cc3)nc(-c3ccc(O)cc3)cn2c1O. The van der Waals surface area contributed by atoms with Gasteiger partial charge in [0.15, 0.2) is 5.65 Å². The largest absolute Gasteiger partial charge is 0.508 e. The Balaban J connectivity index is 2.01. The average molecular weight is 333 g/mol. The zero-order chi connectivity index (χ0) is 17.6. The van der Waals surface area contributed by atoms with Crippen LogP contribution in [0.25, 0.3) is 28.2 Å². The Hall–Kier alpha value is -3.54. The van der Waals surface area contributed by atoms with Crippen LogP contribution in [0.2, 0.25) is 0 Å². The van der Waals surface area contributed by atoms with Gasteiger partial charge in [-0.2, -0.15) is 0 Å². The van der Waals surface area contributed by atoms with Crippen LogP contribution in [0, 0.1) is 6.92 Å². The third kappa shape index (κ3) is 2.53. The molecular weight excluding hydrogens is 318 g/mol. The second kappa shape index (κ2) is 5.52. The van der Waals surface area contributed by atoms with E-state index < -0.39 is 0 Å². The summed E-state index contributed by atoms with van der Waals surface area (Å²) in [5, 5.41) is 29.3. The molecule has 0 atom stereocenters. The molecule has 6 heteroatoms. The van der Waals surface area contributed by atoms with Crippen LogP contribution in [0.15, 0.2) is 54.7 Å². The molecule has 4 aromatic rings. The number of rotatable bonds is 2. The molecule has 25 heavy (non-hydrogen) atoms. The fraction of sp³-hybridized carbons (Fsp3) is 0.0526. The summed E-state index contributed by atoms with van der Waals surface area (Å²) in [5.74, 6) is 0.388. The molecule has 0 saturated heterocycles. The van der Waals surface area contributed by atoms with Gasteiger partial charge in [0.2, 0.25) is 5.88 Å². The highest BCUT2D eigenvalue weighted by Gasteiger charge is 2.16. The summed E-state index contributed by atoms with van der Waals surface area (Å²) >= 11 is 0. The summed E-state index contributed by atoms with van der Waals surface area (Å²) in [7, 11) is 0. The minimum atomic E-state index is 0.0532. The van der Waals surface area contributed by atoms with E-state index in [0.29, 0.717) is 22.7 Å². The molecule has 124 valence electrons. The highest BCUT2D eigenvalue weighted by molar-refractivity contribution is 5.78. The normalized spacial score (nSPS) is 11.1. The summed E-state index contributed by atoms with van der Waals surface area (Å²) in [4.78, 5) is 9.11. The number of hydrogen-bond donors (Lipinski definition) is 3. The van der Waals surface area contributed by atoms with E-state index in [2.05, 4.69) is 4.98 Å². The number of aromatic hydroxyl groups is 3. The van der Waals surface area contributed by atoms with Crippen LogP contribution in [0.3, 0.4) is 0 Å². The summed E-state index contributed by atoms with van der Waals surface area (Å²) in [5.41, 5.74) is 3.82. The Morgan fingerprint density at radius 1 is 0.760 bits per heavy atom. The molecule has 2 aromatic carbocycles. The lowest BCUT2D eigenvalue weighted by Crippen LogP contribution is -1.96. The van der Waals surface area contributed by atoms with Gasteiger partial charge in [-0.15, -0.1) is 0 Å². The molecule has 2 aromatic heterocycles. The predicted octanol–water partition coefficient (Wildman–Crippen LogP) is 3.49. The van der Waals surface area contributed by atoms with Crippen molar-refractivity contribution < 1.29 is 15.3 Å². The summed E-state index contributed by atoms with van der Waals surface area (Å²) in [6.07, 6.45) is 1.71. The smallest absolute Gasteiger partial charge is 0.219 e. The number of aromatic nitrogens is 3. The van der Waals surface area contributed by atoms with Crippen molar-refractivity contribution in [3.63, 3.8) is 0 Å². The van der Waals surface area contributed by atoms with Crippen molar-refractivity contribution in [3.8, 4) is 39.9 Å². The second-order valence-corrected chi connectivity index (χ2v) is 5.78. The maximum absolute atomic E-state index is 10.3. The van der Waals surface area contributed by atoms with Gasteiger partial charge in [0.25, 0.3) is 0 Å². The fourth-order valence-corrected chi connectivity index (χ4v) is 2.73. The summed E-state index contributed by atoms with van der Waals surface area (Å²) < 4.78 is 1.59.